The highest BCUT2D eigenvalue weighted by Crippen LogP contribution is 2.37. The van der Waals surface area contributed by atoms with Crippen LogP contribution >= 0.6 is 0 Å². The van der Waals surface area contributed by atoms with Gasteiger partial charge in [0.1, 0.15) is 0 Å². The van der Waals surface area contributed by atoms with Crippen LogP contribution in [-0.4, -0.2) is 12.2 Å². The topological polar surface area (TPSA) is 12.0 Å². The molecule has 1 N–H and O–H groups in total. The molecule has 0 bridgehead atoms. The van der Waals surface area contributed by atoms with E-state index in [1.165, 1.54) is 5.56 Å². The number of hydrogen-bond donors (Lipinski definition) is 1. The van der Waals surface area contributed by atoms with Crippen LogP contribution in [0.3, 0.4) is 0 Å². The Balaban J connectivity index is 1.93. The summed E-state index contributed by atoms with van der Waals surface area (Å²) in [5.74, 6) is -1.19. The highest BCUT2D eigenvalue weighted by Gasteiger charge is 2.45. The van der Waals surface area contributed by atoms with Crippen molar-refractivity contribution in [3.8, 4) is 0 Å². The number of halogens is 3. The molecule has 0 aromatic heterocycles. The molecule has 0 radical (unpaired) electrons. The van der Waals surface area contributed by atoms with Crippen LogP contribution in [0.4, 0.5) is 13.2 Å². The van der Waals surface area contributed by atoms with E-state index in [1.807, 2.05) is 24.3 Å². The van der Waals surface area contributed by atoms with Crippen LogP contribution in [0.25, 0.3) is 0 Å². The van der Waals surface area contributed by atoms with E-state index in [1.54, 1.807) is 0 Å². The molecule has 2 rings (SSSR count). The maximum absolute atomic E-state index is 13.0. The Hall–Kier alpha value is -1.03. The number of aryl methyl sites for hydroxylation is 1. The lowest BCUT2D eigenvalue weighted by Gasteiger charge is -2.33. The van der Waals surface area contributed by atoms with Crippen LogP contribution in [0.5, 0.6) is 0 Å². The number of hydrogen-bond acceptors (Lipinski definition) is 1. The highest BCUT2D eigenvalue weighted by molar-refractivity contribution is 5.22. The van der Waals surface area contributed by atoms with Gasteiger partial charge in [0.25, 0.3) is 0 Å². The average molecular weight is 285 g/mol. The molecule has 4 heteroatoms. The van der Waals surface area contributed by atoms with Gasteiger partial charge in [-0.1, -0.05) is 44.0 Å². The minimum absolute atomic E-state index is 0.260. The zero-order valence-corrected chi connectivity index (χ0v) is 11.8. The number of alkyl halides is 3. The Kier molecular flexibility index (Phi) is 5.08. The summed E-state index contributed by atoms with van der Waals surface area (Å²) in [4.78, 5) is 0. The van der Waals surface area contributed by atoms with E-state index in [9.17, 15) is 13.2 Å². The Bertz CT molecular complexity index is 411. The molecule has 2 atom stereocenters. The third-order valence-corrected chi connectivity index (χ3v) is 4.19. The minimum Gasteiger partial charge on any atom is -0.309 e. The predicted octanol–water partition coefficient (Wildman–Crippen LogP) is 4.46. The fourth-order valence-electron chi connectivity index (χ4n) is 2.91. The third kappa shape index (κ3) is 3.98. The van der Waals surface area contributed by atoms with Crippen LogP contribution in [0, 0.1) is 5.92 Å². The highest BCUT2D eigenvalue weighted by atomic mass is 19.4. The van der Waals surface area contributed by atoms with Crippen LogP contribution in [0.2, 0.25) is 0 Å². The van der Waals surface area contributed by atoms with Gasteiger partial charge in [0, 0.05) is 12.6 Å². The van der Waals surface area contributed by atoms with Crippen molar-refractivity contribution in [1.82, 2.24) is 5.32 Å². The van der Waals surface area contributed by atoms with Gasteiger partial charge < -0.3 is 5.32 Å². The zero-order valence-electron chi connectivity index (χ0n) is 11.8. The van der Waals surface area contributed by atoms with Crippen molar-refractivity contribution in [1.29, 1.82) is 0 Å². The smallest absolute Gasteiger partial charge is 0.309 e. The van der Waals surface area contributed by atoms with Crippen LogP contribution in [0.1, 0.15) is 43.7 Å². The third-order valence-electron chi connectivity index (χ3n) is 4.19. The van der Waals surface area contributed by atoms with Gasteiger partial charge in [0.05, 0.1) is 5.92 Å². The minimum atomic E-state index is -4.08. The van der Waals surface area contributed by atoms with Crippen molar-refractivity contribution in [2.45, 2.75) is 57.8 Å². The molecule has 0 saturated heterocycles. The first kappa shape index (κ1) is 15.4. The summed E-state index contributed by atoms with van der Waals surface area (Å²) in [6.07, 6.45) is -0.642. The second-order valence-electron chi connectivity index (χ2n) is 5.59. The summed E-state index contributed by atoms with van der Waals surface area (Å²) in [7, 11) is 0. The van der Waals surface area contributed by atoms with Gasteiger partial charge >= 0.3 is 6.18 Å². The number of benzene rings is 1. The molecular weight excluding hydrogens is 263 g/mol. The van der Waals surface area contributed by atoms with E-state index in [2.05, 4.69) is 12.2 Å². The standard InChI is InChI=1S/C16H22F3N/c1-2-12-7-9-13(10-8-12)11-20-15-6-4-3-5-14(15)16(17,18)19/h7-10,14-15,20H,2-6,11H2,1H3. The van der Waals surface area contributed by atoms with Crippen molar-refractivity contribution in [3.63, 3.8) is 0 Å². The summed E-state index contributed by atoms with van der Waals surface area (Å²) in [5, 5.41) is 3.11. The fourth-order valence-corrected chi connectivity index (χ4v) is 2.91. The first-order valence-electron chi connectivity index (χ1n) is 7.38. The summed E-state index contributed by atoms with van der Waals surface area (Å²) in [6.45, 7) is 2.60. The lowest BCUT2D eigenvalue weighted by atomic mass is 9.84. The van der Waals surface area contributed by atoms with E-state index >= 15 is 0 Å². The first-order valence-corrected chi connectivity index (χ1v) is 7.38. The Labute approximate surface area is 118 Å². The molecule has 1 aromatic carbocycles. The second kappa shape index (κ2) is 6.61. The molecule has 0 amide bonds. The molecule has 1 aliphatic rings. The van der Waals surface area contributed by atoms with Crippen molar-refractivity contribution in [2.75, 3.05) is 0 Å². The monoisotopic (exact) mass is 285 g/mol. The van der Waals surface area contributed by atoms with E-state index in [-0.39, 0.29) is 6.42 Å². The molecule has 0 spiro atoms. The predicted molar refractivity (Wildman–Crippen MR) is 74.5 cm³/mol. The second-order valence-corrected chi connectivity index (χ2v) is 5.59. The molecule has 2 unspecified atom stereocenters. The Morgan fingerprint density at radius 2 is 1.65 bits per heavy atom. The van der Waals surface area contributed by atoms with Crippen LogP contribution in [0.15, 0.2) is 24.3 Å². The van der Waals surface area contributed by atoms with Gasteiger partial charge in [-0.15, -0.1) is 0 Å². The van der Waals surface area contributed by atoms with Crippen molar-refractivity contribution in [2.24, 2.45) is 5.92 Å². The fraction of sp³-hybridized carbons (Fsp3) is 0.625. The normalized spacial score (nSPS) is 23.8. The van der Waals surface area contributed by atoms with Gasteiger partial charge in [-0.3, -0.25) is 0 Å². The van der Waals surface area contributed by atoms with Gasteiger partial charge in [-0.05, 0) is 30.4 Å². The van der Waals surface area contributed by atoms with Crippen molar-refractivity contribution >= 4 is 0 Å². The van der Waals surface area contributed by atoms with Gasteiger partial charge in [0.15, 0.2) is 0 Å². The molecular formula is C16H22F3N. The molecule has 20 heavy (non-hydrogen) atoms. The SMILES string of the molecule is CCc1ccc(CNC2CCCCC2C(F)(F)F)cc1. The number of rotatable bonds is 4. The molecule has 1 aromatic rings. The molecule has 0 aliphatic heterocycles. The summed E-state index contributed by atoms with van der Waals surface area (Å²) in [5.41, 5.74) is 2.30. The maximum Gasteiger partial charge on any atom is 0.393 e. The van der Waals surface area contributed by atoms with E-state index < -0.39 is 18.1 Å². The number of nitrogens with one attached hydrogen (secondary N) is 1. The van der Waals surface area contributed by atoms with E-state index in [4.69, 9.17) is 0 Å². The van der Waals surface area contributed by atoms with Crippen molar-refractivity contribution in [3.05, 3.63) is 35.4 Å². The average Bonchev–Trinajstić information content (AvgIpc) is 2.45. The van der Waals surface area contributed by atoms with Gasteiger partial charge in [0.2, 0.25) is 0 Å². The Morgan fingerprint density at radius 1 is 1.05 bits per heavy atom. The molecule has 112 valence electrons. The van der Waals surface area contributed by atoms with E-state index in [0.29, 0.717) is 19.4 Å². The molecule has 1 aliphatic carbocycles. The largest absolute Gasteiger partial charge is 0.393 e. The quantitative estimate of drug-likeness (QED) is 0.861. The molecule has 0 heterocycles. The molecule has 1 saturated carbocycles. The van der Waals surface area contributed by atoms with Crippen LogP contribution < -0.4 is 5.32 Å². The van der Waals surface area contributed by atoms with Gasteiger partial charge in [-0.2, -0.15) is 13.2 Å². The molecule has 1 fully saturated rings. The van der Waals surface area contributed by atoms with Gasteiger partial charge in [-0.25, -0.2) is 0 Å². The van der Waals surface area contributed by atoms with Crippen LogP contribution in [-0.2, 0) is 13.0 Å². The zero-order chi connectivity index (χ0) is 14.6. The Morgan fingerprint density at radius 3 is 2.25 bits per heavy atom. The molecule has 1 nitrogen and oxygen atoms in total. The summed E-state index contributed by atoms with van der Waals surface area (Å²) in [6, 6.07) is 7.64. The summed E-state index contributed by atoms with van der Waals surface area (Å²) >= 11 is 0. The van der Waals surface area contributed by atoms with E-state index in [0.717, 1.165) is 18.4 Å². The van der Waals surface area contributed by atoms with Crippen molar-refractivity contribution < 1.29 is 13.2 Å². The summed E-state index contributed by atoms with van der Waals surface area (Å²) < 4.78 is 38.9. The lowest BCUT2D eigenvalue weighted by Crippen LogP contribution is -2.45. The first-order chi connectivity index (χ1) is 9.50. The lowest BCUT2D eigenvalue weighted by molar-refractivity contribution is -0.189. The maximum atomic E-state index is 13.0.